The quantitative estimate of drug-likeness (QED) is 0.172. The first-order valence-electron chi connectivity index (χ1n) is 18.8. The molecule has 0 aliphatic carbocycles. The van der Waals surface area contributed by atoms with E-state index in [1.165, 1.54) is 21.9 Å². The highest BCUT2D eigenvalue weighted by Crippen LogP contribution is 2.38. The highest BCUT2D eigenvalue weighted by atomic mass is 16.3. The van der Waals surface area contributed by atoms with Gasteiger partial charge in [0.25, 0.3) is 0 Å². The molecular weight excluding hydrogens is 685 g/mol. The average molecular weight is 717 g/mol. The largest absolute Gasteiger partial charge is 0.455 e. The van der Waals surface area contributed by atoms with Crippen LogP contribution in [0.25, 0.3) is 106 Å². The number of furan rings is 1. The maximum Gasteiger partial charge on any atom is 0.167 e. The molecule has 0 bridgehead atoms. The van der Waals surface area contributed by atoms with Gasteiger partial charge in [0.1, 0.15) is 11.2 Å². The Labute approximate surface area is 322 Å². The molecule has 11 rings (SSSR count). The molecule has 3 heterocycles. The Morgan fingerprint density at radius 1 is 0.339 bits per heavy atom. The van der Waals surface area contributed by atoms with E-state index in [1.807, 2.05) is 42.5 Å². The third-order valence-corrected chi connectivity index (χ3v) is 10.7. The molecule has 0 spiro atoms. The van der Waals surface area contributed by atoms with Crippen molar-refractivity contribution in [1.82, 2.24) is 19.5 Å². The molecule has 5 nitrogen and oxygen atoms in total. The van der Waals surface area contributed by atoms with E-state index < -0.39 is 0 Å². The van der Waals surface area contributed by atoms with Crippen molar-refractivity contribution in [3.05, 3.63) is 194 Å². The van der Waals surface area contributed by atoms with Gasteiger partial charge in [0, 0.05) is 38.4 Å². The first kappa shape index (κ1) is 31.9. The van der Waals surface area contributed by atoms with Crippen LogP contribution in [0.1, 0.15) is 0 Å². The van der Waals surface area contributed by atoms with Crippen molar-refractivity contribution in [2.45, 2.75) is 0 Å². The van der Waals surface area contributed by atoms with E-state index in [2.05, 4.69) is 156 Å². The lowest BCUT2D eigenvalue weighted by molar-refractivity contribution is 0.669. The number of benzene rings is 8. The molecule has 0 atom stereocenters. The lowest BCUT2D eigenvalue weighted by Crippen LogP contribution is -2.01. The fraction of sp³-hybridized carbons (Fsp3) is 0. The van der Waals surface area contributed by atoms with Crippen LogP contribution >= 0.6 is 0 Å². The van der Waals surface area contributed by atoms with E-state index in [0.717, 1.165) is 66.5 Å². The molecular formula is C51H32N4O. The van der Waals surface area contributed by atoms with Gasteiger partial charge in [0.2, 0.25) is 0 Å². The third-order valence-electron chi connectivity index (χ3n) is 10.7. The standard InChI is InChI=1S/C51H32N4O/c1-3-14-33(15-4-1)34-16-11-17-35(30-34)36-18-12-19-37(31-36)49-52-50(54-51(53-49)44-25-13-24-43-42-23-8-10-27-47(42)56-48(43)44)38-28-29-41-40-22-7-9-26-45(40)55(46(41)32-38)39-20-5-2-6-21-39/h1-32H. The Bertz CT molecular complexity index is 3250. The van der Waals surface area contributed by atoms with Gasteiger partial charge in [0.05, 0.1) is 16.6 Å². The van der Waals surface area contributed by atoms with Gasteiger partial charge in [-0.15, -0.1) is 0 Å². The predicted octanol–water partition coefficient (Wildman–Crippen LogP) is 13.2. The summed E-state index contributed by atoms with van der Waals surface area (Å²) in [6, 6.07) is 67.5. The second-order valence-corrected chi connectivity index (χ2v) is 14.0. The molecule has 5 heteroatoms. The van der Waals surface area contributed by atoms with Crippen LogP contribution < -0.4 is 0 Å². The van der Waals surface area contributed by atoms with E-state index in [0.29, 0.717) is 17.5 Å². The molecule has 0 saturated carbocycles. The van der Waals surface area contributed by atoms with Crippen LogP contribution in [0, 0.1) is 0 Å². The summed E-state index contributed by atoms with van der Waals surface area (Å²) in [5.41, 5.74) is 12.1. The molecule has 0 fully saturated rings. The van der Waals surface area contributed by atoms with Gasteiger partial charge < -0.3 is 8.98 Å². The van der Waals surface area contributed by atoms with E-state index in [9.17, 15) is 0 Å². The van der Waals surface area contributed by atoms with Crippen LogP contribution in [0.3, 0.4) is 0 Å². The number of hydrogen-bond acceptors (Lipinski definition) is 4. The van der Waals surface area contributed by atoms with Crippen LogP contribution in [0.5, 0.6) is 0 Å². The van der Waals surface area contributed by atoms with Gasteiger partial charge in [-0.05, 0) is 70.8 Å². The van der Waals surface area contributed by atoms with Gasteiger partial charge in [-0.3, -0.25) is 0 Å². The summed E-state index contributed by atoms with van der Waals surface area (Å²) in [6.45, 7) is 0. The van der Waals surface area contributed by atoms with Gasteiger partial charge in [-0.1, -0.05) is 146 Å². The zero-order chi connectivity index (χ0) is 37.0. The number of nitrogens with zero attached hydrogens (tertiary/aromatic N) is 4. The summed E-state index contributed by atoms with van der Waals surface area (Å²) in [4.78, 5) is 15.6. The van der Waals surface area contributed by atoms with Crippen molar-refractivity contribution in [3.8, 4) is 62.1 Å². The molecule has 262 valence electrons. The molecule has 0 unspecified atom stereocenters. The van der Waals surface area contributed by atoms with Gasteiger partial charge in [-0.25, -0.2) is 15.0 Å². The summed E-state index contributed by atoms with van der Waals surface area (Å²) in [7, 11) is 0. The lowest BCUT2D eigenvalue weighted by atomic mass is 9.98. The predicted molar refractivity (Wildman–Crippen MR) is 229 cm³/mol. The maximum absolute atomic E-state index is 6.51. The molecule has 0 aliphatic heterocycles. The highest BCUT2D eigenvalue weighted by molar-refractivity contribution is 6.11. The van der Waals surface area contributed by atoms with E-state index in [4.69, 9.17) is 19.4 Å². The number of rotatable bonds is 6. The summed E-state index contributed by atoms with van der Waals surface area (Å²) >= 11 is 0. The van der Waals surface area contributed by atoms with Crippen LogP contribution in [0.2, 0.25) is 0 Å². The van der Waals surface area contributed by atoms with Gasteiger partial charge in [-0.2, -0.15) is 0 Å². The SMILES string of the molecule is c1ccc(-c2cccc(-c3cccc(-c4nc(-c5ccc6c7ccccc7n(-c7ccccc7)c6c5)nc(-c5cccc6c5oc5ccccc56)n4)c3)c2)cc1. The molecule has 0 aliphatic rings. The van der Waals surface area contributed by atoms with Crippen molar-refractivity contribution >= 4 is 43.7 Å². The summed E-state index contributed by atoms with van der Waals surface area (Å²) in [5.74, 6) is 1.72. The Morgan fingerprint density at radius 2 is 0.875 bits per heavy atom. The summed E-state index contributed by atoms with van der Waals surface area (Å²) in [5, 5.41) is 4.44. The second-order valence-electron chi connectivity index (χ2n) is 14.0. The number of aromatic nitrogens is 4. The smallest absolute Gasteiger partial charge is 0.167 e. The molecule has 0 amide bonds. The van der Waals surface area contributed by atoms with Crippen LogP contribution in [-0.4, -0.2) is 19.5 Å². The Hall–Kier alpha value is -7.63. The molecule has 0 radical (unpaired) electrons. The van der Waals surface area contributed by atoms with Crippen LogP contribution in [0.15, 0.2) is 199 Å². The van der Waals surface area contributed by atoms with Crippen molar-refractivity contribution < 1.29 is 4.42 Å². The Morgan fingerprint density at radius 3 is 1.66 bits per heavy atom. The lowest BCUT2D eigenvalue weighted by Gasteiger charge is -2.11. The normalized spacial score (nSPS) is 11.6. The van der Waals surface area contributed by atoms with E-state index in [-0.39, 0.29) is 0 Å². The topological polar surface area (TPSA) is 56.7 Å². The second kappa shape index (κ2) is 13.0. The first-order valence-corrected chi connectivity index (χ1v) is 18.8. The van der Waals surface area contributed by atoms with Crippen LogP contribution in [0.4, 0.5) is 0 Å². The van der Waals surface area contributed by atoms with Crippen LogP contribution in [-0.2, 0) is 0 Å². The Balaban J connectivity index is 1.12. The summed E-state index contributed by atoms with van der Waals surface area (Å²) < 4.78 is 8.82. The number of para-hydroxylation sites is 4. The van der Waals surface area contributed by atoms with Crippen molar-refractivity contribution in [2.24, 2.45) is 0 Å². The fourth-order valence-corrected chi connectivity index (χ4v) is 7.99. The van der Waals surface area contributed by atoms with E-state index in [1.54, 1.807) is 0 Å². The summed E-state index contributed by atoms with van der Waals surface area (Å²) in [6.07, 6.45) is 0. The average Bonchev–Trinajstić information content (AvgIpc) is 3.83. The molecule has 0 saturated heterocycles. The fourth-order valence-electron chi connectivity index (χ4n) is 7.99. The van der Waals surface area contributed by atoms with Crippen molar-refractivity contribution in [2.75, 3.05) is 0 Å². The molecule has 0 N–H and O–H groups in total. The zero-order valence-corrected chi connectivity index (χ0v) is 30.2. The third kappa shape index (κ3) is 5.37. The van der Waals surface area contributed by atoms with Crippen molar-refractivity contribution in [1.29, 1.82) is 0 Å². The zero-order valence-electron chi connectivity index (χ0n) is 30.2. The molecule has 3 aromatic heterocycles. The van der Waals surface area contributed by atoms with E-state index >= 15 is 0 Å². The minimum atomic E-state index is 0.551. The Kier molecular flexibility index (Phi) is 7.42. The molecule has 8 aromatic carbocycles. The number of fused-ring (bicyclic) bond motifs is 6. The van der Waals surface area contributed by atoms with Gasteiger partial charge >= 0.3 is 0 Å². The number of hydrogen-bond donors (Lipinski definition) is 0. The maximum atomic E-state index is 6.51. The first-order chi connectivity index (χ1) is 27.7. The van der Waals surface area contributed by atoms with Crippen molar-refractivity contribution in [3.63, 3.8) is 0 Å². The van der Waals surface area contributed by atoms with Gasteiger partial charge in [0.15, 0.2) is 17.5 Å². The highest BCUT2D eigenvalue weighted by Gasteiger charge is 2.20. The minimum absolute atomic E-state index is 0.551. The molecule has 56 heavy (non-hydrogen) atoms. The molecule has 11 aromatic rings. The monoisotopic (exact) mass is 716 g/mol. The minimum Gasteiger partial charge on any atom is -0.455 e.